The molecular weight excluding hydrogens is 94.1 g/mol. The van der Waals surface area contributed by atoms with Gasteiger partial charge in [-0.2, -0.15) is 5.11 Å². The summed E-state index contributed by atoms with van der Waals surface area (Å²) in [6, 6.07) is -0.667. The standard InChI is InChI=1S/C3H7N3O/c1-2(6-5)3(4)7/h2,5H,1H3,(H2,4,7)/t2-/m0/s1. The van der Waals surface area contributed by atoms with Crippen molar-refractivity contribution in [3.63, 3.8) is 0 Å². The van der Waals surface area contributed by atoms with Crippen molar-refractivity contribution in [1.82, 2.24) is 0 Å². The molecule has 40 valence electrons. The lowest BCUT2D eigenvalue weighted by atomic mass is 10.4. The van der Waals surface area contributed by atoms with Crippen molar-refractivity contribution in [2.45, 2.75) is 13.0 Å². The van der Waals surface area contributed by atoms with Gasteiger partial charge < -0.3 is 5.73 Å². The van der Waals surface area contributed by atoms with Gasteiger partial charge in [0.2, 0.25) is 5.91 Å². The third kappa shape index (κ3) is 1.86. The number of carbonyl (C=O) groups is 1. The zero-order chi connectivity index (χ0) is 5.86. The Morgan fingerprint density at radius 1 is 2.00 bits per heavy atom. The van der Waals surface area contributed by atoms with E-state index in [4.69, 9.17) is 11.3 Å². The molecule has 0 spiro atoms. The molecule has 0 aromatic heterocycles. The van der Waals surface area contributed by atoms with Crippen LogP contribution >= 0.6 is 0 Å². The van der Waals surface area contributed by atoms with Crippen LogP contribution in [0.25, 0.3) is 0 Å². The lowest BCUT2D eigenvalue weighted by Gasteiger charge is -1.91. The highest BCUT2D eigenvalue weighted by molar-refractivity contribution is 5.79. The van der Waals surface area contributed by atoms with Crippen molar-refractivity contribution in [3.8, 4) is 0 Å². The van der Waals surface area contributed by atoms with Gasteiger partial charge in [0.05, 0.1) is 0 Å². The van der Waals surface area contributed by atoms with Crippen LogP contribution in [0.2, 0.25) is 0 Å². The summed E-state index contributed by atoms with van der Waals surface area (Å²) in [6.07, 6.45) is 0. The number of amides is 1. The van der Waals surface area contributed by atoms with Crippen molar-refractivity contribution in [1.29, 1.82) is 5.53 Å². The molecule has 0 heterocycles. The van der Waals surface area contributed by atoms with Crippen LogP contribution in [0.1, 0.15) is 6.92 Å². The Hall–Kier alpha value is -0.930. The van der Waals surface area contributed by atoms with E-state index in [1.807, 2.05) is 0 Å². The lowest BCUT2D eigenvalue weighted by molar-refractivity contribution is -0.118. The Labute approximate surface area is 41.2 Å². The number of carbonyl (C=O) groups excluding carboxylic acids is 1. The maximum absolute atomic E-state index is 9.94. The smallest absolute Gasteiger partial charge is 0.243 e. The molecule has 0 radical (unpaired) electrons. The molecule has 7 heavy (non-hydrogen) atoms. The van der Waals surface area contributed by atoms with E-state index < -0.39 is 11.9 Å². The first kappa shape index (κ1) is 6.07. The molecule has 0 aliphatic rings. The predicted molar refractivity (Wildman–Crippen MR) is 23.8 cm³/mol. The van der Waals surface area contributed by atoms with Crippen LogP contribution < -0.4 is 5.73 Å². The Bertz CT molecular complexity index is 90.2. The van der Waals surface area contributed by atoms with Crippen molar-refractivity contribution in [2.24, 2.45) is 10.8 Å². The van der Waals surface area contributed by atoms with E-state index in [1.54, 1.807) is 0 Å². The van der Waals surface area contributed by atoms with Gasteiger partial charge in [0.25, 0.3) is 0 Å². The zero-order valence-corrected chi connectivity index (χ0v) is 4.01. The van der Waals surface area contributed by atoms with Gasteiger partial charge in [-0.25, -0.2) is 5.53 Å². The highest BCUT2D eigenvalue weighted by Crippen LogP contribution is 1.82. The molecule has 0 aromatic rings. The largest absolute Gasteiger partial charge is 0.368 e. The SMILES string of the molecule is C[C@H](N=N)C(N)=O. The molecule has 0 aliphatic heterocycles. The normalized spacial score (nSPS) is 12.7. The van der Waals surface area contributed by atoms with Gasteiger partial charge in [0.1, 0.15) is 6.04 Å². The van der Waals surface area contributed by atoms with Gasteiger partial charge in [0, 0.05) is 0 Å². The molecule has 0 bridgehead atoms. The average Bonchev–Trinajstić information content (AvgIpc) is 1.65. The molecule has 0 unspecified atom stereocenters. The van der Waals surface area contributed by atoms with Crippen LogP contribution in [-0.4, -0.2) is 11.9 Å². The van der Waals surface area contributed by atoms with Crippen LogP contribution in [0.4, 0.5) is 0 Å². The van der Waals surface area contributed by atoms with E-state index >= 15 is 0 Å². The van der Waals surface area contributed by atoms with Gasteiger partial charge in [0.15, 0.2) is 0 Å². The highest BCUT2D eigenvalue weighted by atomic mass is 16.1. The molecule has 0 saturated heterocycles. The van der Waals surface area contributed by atoms with Gasteiger partial charge in [-0.3, -0.25) is 4.79 Å². The maximum Gasteiger partial charge on any atom is 0.243 e. The monoisotopic (exact) mass is 101 g/mol. The molecular formula is C3H7N3O. The van der Waals surface area contributed by atoms with E-state index in [0.29, 0.717) is 0 Å². The van der Waals surface area contributed by atoms with Crippen LogP contribution in [-0.2, 0) is 4.79 Å². The third-order valence-electron chi connectivity index (χ3n) is 0.605. The summed E-state index contributed by atoms with van der Waals surface area (Å²) in [5, 5.41) is 2.86. The van der Waals surface area contributed by atoms with Gasteiger partial charge in [-0.15, -0.1) is 0 Å². The summed E-state index contributed by atoms with van der Waals surface area (Å²) in [7, 11) is 0. The van der Waals surface area contributed by atoms with Crippen molar-refractivity contribution >= 4 is 5.91 Å². The molecule has 0 rings (SSSR count). The summed E-state index contributed by atoms with van der Waals surface area (Å²) >= 11 is 0. The summed E-state index contributed by atoms with van der Waals surface area (Å²) in [5.41, 5.74) is 11.0. The molecule has 0 aromatic carbocycles. The number of primary amides is 1. The second kappa shape index (κ2) is 2.28. The number of hydrogen-bond donors (Lipinski definition) is 2. The van der Waals surface area contributed by atoms with Crippen molar-refractivity contribution in [2.75, 3.05) is 0 Å². The molecule has 4 nitrogen and oxygen atoms in total. The number of nitrogens with one attached hydrogen (secondary N) is 1. The second-order valence-corrected chi connectivity index (χ2v) is 1.21. The summed E-state index contributed by atoms with van der Waals surface area (Å²) in [4.78, 5) is 9.94. The zero-order valence-electron chi connectivity index (χ0n) is 4.01. The summed E-state index contributed by atoms with van der Waals surface area (Å²) in [5.74, 6) is -0.560. The van der Waals surface area contributed by atoms with Gasteiger partial charge >= 0.3 is 0 Å². The Balaban J connectivity index is 3.55. The molecule has 4 heteroatoms. The molecule has 1 atom stereocenters. The maximum atomic E-state index is 9.94. The fourth-order valence-corrected chi connectivity index (χ4v) is 0.0636. The minimum atomic E-state index is -0.667. The Morgan fingerprint density at radius 2 is 2.43 bits per heavy atom. The summed E-state index contributed by atoms with van der Waals surface area (Å²) < 4.78 is 0. The number of nitrogens with two attached hydrogens (primary N) is 1. The first-order valence-electron chi connectivity index (χ1n) is 1.84. The van der Waals surface area contributed by atoms with E-state index in [-0.39, 0.29) is 0 Å². The fraction of sp³-hybridized carbons (Fsp3) is 0.667. The van der Waals surface area contributed by atoms with Crippen LogP contribution in [0, 0.1) is 5.53 Å². The van der Waals surface area contributed by atoms with Crippen LogP contribution in [0.5, 0.6) is 0 Å². The molecule has 0 saturated carbocycles. The lowest BCUT2D eigenvalue weighted by Crippen LogP contribution is -2.22. The van der Waals surface area contributed by atoms with E-state index in [2.05, 4.69) is 5.11 Å². The molecule has 3 N–H and O–H groups in total. The number of hydrogen-bond acceptors (Lipinski definition) is 3. The first-order chi connectivity index (χ1) is 3.18. The Kier molecular flexibility index (Phi) is 1.98. The summed E-state index contributed by atoms with van der Waals surface area (Å²) in [6.45, 7) is 1.47. The van der Waals surface area contributed by atoms with E-state index in [1.165, 1.54) is 6.92 Å². The average molecular weight is 101 g/mol. The molecule has 0 fully saturated rings. The topological polar surface area (TPSA) is 79.3 Å². The van der Waals surface area contributed by atoms with E-state index in [0.717, 1.165) is 0 Å². The minimum Gasteiger partial charge on any atom is -0.368 e. The van der Waals surface area contributed by atoms with Gasteiger partial charge in [-0.05, 0) is 6.92 Å². The third-order valence-corrected chi connectivity index (χ3v) is 0.605. The fourth-order valence-electron chi connectivity index (χ4n) is 0.0636. The van der Waals surface area contributed by atoms with Crippen molar-refractivity contribution < 1.29 is 4.79 Å². The second-order valence-electron chi connectivity index (χ2n) is 1.21. The van der Waals surface area contributed by atoms with Crippen LogP contribution in [0.3, 0.4) is 0 Å². The molecule has 1 amide bonds. The molecule has 0 aliphatic carbocycles. The first-order valence-corrected chi connectivity index (χ1v) is 1.84. The minimum absolute atomic E-state index is 0.560. The number of rotatable bonds is 2. The highest BCUT2D eigenvalue weighted by Gasteiger charge is 2.02. The quantitative estimate of drug-likeness (QED) is 0.467. The number of nitrogens with zero attached hydrogens (tertiary/aromatic N) is 1. The Morgan fingerprint density at radius 3 is 2.43 bits per heavy atom. The van der Waals surface area contributed by atoms with Crippen molar-refractivity contribution in [3.05, 3.63) is 0 Å². The van der Waals surface area contributed by atoms with Gasteiger partial charge in [-0.1, -0.05) is 0 Å². The van der Waals surface area contributed by atoms with E-state index in [9.17, 15) is 4.79 Å². The van der Waals surface area contributed by atoms with Crippen LogP contribution in [0.15, 0.2) is 5.11 Å². The predicted octanol–water partition coefficient (Wildman–Crippen LogP) is -0.109.